The van der Waals surface area contributed by atoms with Crippen LogP contribution in [0.4, 0.5) is 0 Å². The normalized spacial score (nSPS) is 15.4. The van der Waals surface area contributed by atoms with Gasteiger partial charge in [0.1, 0.15) is 0 Å². The molecule has 3 rings (SSSR count). The van der Waals surface area contributed by atoms with Gasteiger partial charge in [-0.1, -0.05) is 0 Å². The van der Waals surface area contributed by atoms with Crippen molar-refractivity contribution in [2.24, 2.45) is 0 Å². The molecule has 0 unspecified atom stereocenters. The van der Waals surface area contributed by atoms with Crippen LogP contribution < -0.4 is 10.0 Å². The van der Waals surface area contributed by atoms with Gasteiger partial charge in [0.25, 0.3) is 0 Å². The number of H-pyrrole nitrogens is 1. The van der Waals surface area contributed by atoms with E-state index in [9.17, 15) is 8.42 Å². The summed E-state index contributed by atoms with van der Waals surface area (Å²) < 4.78 is 28.5. The third-order valence-corrected chi connectivity index (χ3v) is 4.82. The average Bonchev–Trinajstić information content (AvgIpc) is 2.93. The van der Waals surface area contributed by atoms with Gasteiger partial charge in [0.15, 0.2) is 0 Å². The minimum absolute atomic E-state index is 0.274. The van der Waals surface area contributed by atoms with Gasteiger partial charge in [0.05, 0.1) is 11.4 Å². The van der Waals surface area contributed by atoms with Crippen molar-refractivity contribution in [3.63, 3.8) is 0 Å². The Labute approximate surface area is 123 Å². The van der Waals surface area contributed by atoms with E-state index in [0.29, 0.717) is 25.7 Å². The molecule has 7 nitrogen and oxygen atoms in total. The zero-order valence-corrected chi connectivity index (χ0v) is 12.4. The zero-order valence-electron chi connectivity index (χ0n) is 11.6. The van der Waals surface area contributed by atoms with Gasteiger partial charge in [0.2, 0.25) is 10.0 Å². The van der Waals surface area contributed by atoms with Crippen LogP contribution in [0.1, 0.15) is 18.5 Å². The van der Waals surface area contributed by atoms with E-state index in [-0.39, 0.29) is 4.90 Å². The number of aromatic nitrogens is 3. The summed E-state index contributed by atoms with van der Waals surface area (Å²) in [4.78, 5) is 3.27. The lowest BCUT2D eigenvalue weighted by molar-refractivity contribution is 0.561. The Morgan fingerprint density at radius 3 is 3.00 bits per heavy atom. The topological polar surface area (TPSA) is 91.8 Å². The number of nitrogens with zero attached hydrogens (tertiary/aromatic N) is 2. The van der Waals surface area contributed by atoms with Crippen LogP contribution in [0.15, 0.2) is 35.6 Å². The maximum absolute atomic E-state index is 12.1. The summed E-state index contributed by atoms with van der Waals surface area (Å²) in [5.74, 6) is 0. The molecule has 1 aliphatic carbocycles. The Morgan fingerprint density at radius 1 is 1.43 bits per heavy atom. The van der Waals surface area contributed by atoms with Crippen molar-refractivity contribution >= 4 is 10.0 Å². The van der Waals surface area contributed by atoms with E-state index >= 15 is 0 Å². The van der Waals surface area contributed by atoms with Gasteiger partial charge in [-0.25, -0.2) is 13.1 Å². The van der Waals surface area contributed by atoms with Crippen molar-refractivity contribution in [2.75, 3.05) is 6.54 Å². The first-order valence-corrected chi connectivity index (χ1v) is 8.49. The fourth-order valence-corrected chi connectivity index (χ4v) is 3.07. The van der Waals surface area contributed by atoms with E-state index in [1.165, 1.54) is 19.0 Å². The van der Waals surface area contributed by atoms with E-state index in [1.54, 1.807) is 29.2 Å². The monoisotopic (exact) mass is 309 g/mol. The first kappa shape index (κ1) is 14.3. The quantitative estimate of drug-likeness (QED) is 0.660. The molecule has 0 spiro atoms. The fraction of sp³-hybridized carbons (Fsp3) is 0.462. The Morgan fingerprint density at radius 2 is 2.29 bits per heavy atom. The highest BCUT2D eigenvalue weighted by atomic mass is 32.2. The fourth-order valence-electron chi connectivity index (χ4n) is 2.03. The van der Waals surface area contributed by atoms with Gasteiger partial charge in [-0.15, -0.1) is 0 Å². The van der Waals surface area contributed by atoms with Gasteiger partial charge in [-0.05, 0) is 25.0 Å². The lowest BCUT2D eigenvalue weighted by atomic mass is 10.4. The second kappa shape index (κ2) is 6.00. The highest BCUT2D eigenvalue weighted by molar-refractivity contribution is 7.89. The molecule has 0 radical (unpaired) electrons. The van der Waals surface area contributed by atoms with Crippen LogP contribution in [-0.2, 0) is 23.1 Å². The highest BCUT2D eigenvalue weighted by Gasteiger charge is 2.21. The Bertz CT molecular complexity index is 673. The number of aromatic amines is 1. The van der Waals surface area contributed by atoms with Crippen molar-refractivity contribution in [2.45, 2.75) is 36.9 Å². The van der Waals surface area contributed by atoms with Crippen LogP contribution in [0.25, 0.3) is 0 Å². The molecule has 21 heavy (non-hydrogen) atoms. The van der Waals surface area contributed by atoms with Crippen LogP contribution in [0.2, 0.25) is 0 Å². The van der Waals surface area contributed by atoms with Crippen molar-refractivity contribution < 1.29 is 8.42 Å². The van der Waals surface area contributed by atoms with E-state index < -0.39 is 10.0 Å². The molecule has 2 aromatic rings. The largest absolute Gasteiger partial charge is 0.363 e. The second-order valence-corrected chi connectivity index (χ2v) is 6.95. The van der Waals surface area contributed by atoms with E-state index in [1.807, 2.05) is 0 Å². The van der Waals surface area contributed by atoms with Gasteiger partial charge in [-0.3, -0.25) is 4.68 Å². The van der Waals surface area contributed by atoms with Crippen LogP contribution in [0, 0.1) is 0 Å². The van der Waals surface area contributed by atoms with Crippen molar-refractivity contribution in [1.82, 2.24) is 24.8 Å². The highest BCUT2D eigenvalue weighted by Crippen LogP contribution is 2.19. The smallest absolute Gasteiger partial charge is 0.242 e. The summed E-state index contributed by atoms with van der Waals surface area (Å²) >= 11 is 0. The van der Waals surface area contributed by atoms with Gasteiger partial charge < -0.3 is 10.3 Å². The number of sulfonamides is 1. The van der Waals surface area contributed by atoms with Crippen molar-refractivity contribution in [3.05, 3.63) is 36.4 Å². The minimum Gasteiger partial charge on any atom is -0.363 e. The van der Waals surface area contributed by atoms with Gasteiger partial charge in [0, 0.05) is 43.4 Å². The van der Waals surface area contributed by atoms with Gasteiger partial charge >= 0.3 is 0 Å². The van der Waals surface area contributed by atoms with Crippen molar-refractivity contribution in [1.29, 1.82) is 0 Å². The van der Waals surface area contributed by atoms with Crippen molar-refractivity contribution in [3.8, 4) is 0 Å². The summed E-state index contributed by atoms with van der Waals surface area (Å²) in [6.45, 7) is 1.49. The average molecular weight is 309 g/mol. The van der Waals surface area contributed by atoms with E-state index in [4.69, 9.17) is 0 Å². The van der Waals surface area contributed by atoms with Crippen LogP contribution in [-0.4, -0.2) is 35.8 Å². The molecule has 2 heterocycles. The first-order valence-electron chi connectivity index (χ1n) is 7.01. The molecule has 0 amide bonds. The summed E-state index contributed by atoms with van der Waals surface area (Å²) in [6, 6.07) is 4.08. The molecule has 0 bridgehead atoms. The molecule has 0 aliphatic heterocycles. The Kier molecular flexibility index (Phi) is 4.09. The summed E-state index contributed by atoms with van der Waals surface area (Å²) in [5, 5.41) is 7.37. The molecule has 2 aromatic heterocycles. The lowest BCUT2D eigenvalue weighted by Gasteiger charge is -2.05. The maximum atomic E-state index is 12.1. The third kappa shape index (κ3) is 3.93. The first-order chi connectivity index (χ1) is 10.1. The molecular weight excluding hydrogens is 290 g/mol. The summed E-state index contributed by atoms with van der Waals surface area (Å²) in [7, 11) is -3.47. The standard InChI is InChI=1S/C13H19N5O2S/c19-21(20,17-5-7-18-6-1-4-16-18)13-8-12(15-10-13)9-14-11-2-3-11/h1,4,6,8,10-11,14-15,17H,2-3,5,7,9H2. The number of hydrogen-bond acceptors (Lipinski definition) is 4. The van der Waals surface area contributed by atoms with Crippen LogP contribution in [0.5, 0.6) is 0 Å². The van der Waals surface area contributed by atoms with Crippen LogP contribution in [0.3, 0.4) is 0 Å². The minimum atomic E-state index is -3.47. The zero-order chi connectivity index (χ0) is 14.7. The predicted molar refractivity (Wildman–Crippen MR) is 78.1 cm³/mol. The number of rotatable bonds is 8. The number of nitrogens with one attached hydrogen (secondary N) is 3. The van der Waals surface area contributed by atoms with E-state index in [0.717, 1.165) is 5.69 Å². The maximum Gasteiger partial charge on any atom is 0.242 e. The SMILES string of the molecule is O=S(=O)(NCCn1cccn1)c1c[nH]c(CNC2CC2)c1. The molecule has 0 atom stereocenters. The van der Waals surface area contributed by atoms with Crippen LogP contribution >= 0.6 is 0 Å². The molecule has 3 N–H and O–H groups in total. The molecule has 114 valence electrons. The van der Waals surface area contributed by atoms with E-state index in [2.05, 4.69) is 20.1 Å². The molecule has 1 saturated carbocycles. The molecule has 1 fully saturated rings. The molecular formula is C13H19N5O2S. The Hall–Kier alpha value is -1.64. The molecule has 1 aliphatic rings. The molecule has 8 heteroatoms. The second-order valence-electron chi connectivity index (χ2n) is 5.18. The predicted octanol–water partition coefficient (Wildman–Crippen LogP) is 0.442. The lowest BCUT2D eigenvalue weighted by Crippen LogP contribution is -2.27. The molecule has 0 aromatic carbocycles. The summed E-state index contributed by atoms with van der Waals surface area (Å²) in [5.41, 5.74) is 0.884. The van der Waals surface area contributed by atoms with Gasteiger partial charge in [-0.2, -0.15) is 5.10 Å². The Balaban J connectivity index is 1.53. The number of hydrogen-bond donors (Lipinski definition) is 3. The molecule has 0 saturated heterocycles. The summed E-state index contributed by atoms with van der Waals surface area (Å²) in [6.07, 6.45) is 7.41. The third-order valence-electron chi connectivity index (χ3n) is 3.38.